The first-order valence-electron chi connectivity index (χ1n) is 6.11. The SMILES string of the molecule is CC1(C)CCCN(Cc2ccc(Cl)s2)C1C(=O)O. The van der Waals surface area contributed by atoms with Crippen molar-refractivity contribution < 1.29 is 9.90 Å². The van der Waals surface area contributed by atoms with Crippen LogP contribution in [0.3, 0.4) is 0 Å². The van der Waals surface area contributed by atoms with Crippen molar-refractivity contribution in [1.82, 2.24) is 4.90 Å². The second-order valence-electron chi connectivity index (χ2n) is 5.51. The molecule has 1 N–H and O–H groups in total. The molecule has 5 heteroatoms. The van der Waals surface area contributed by atoms with E-state index >= 15 is 0 Å². The minimum Gasteiger partial charge on any atom is -0.480 e. The van der Waals surface area contributed by atoms with Crippen molar-refractivity contribution in [3.8, 4) is 0 Å². The van der Waals surface area contributed by atoms with Crippen LogP contribution >= 0.6 is 22.9 Å². The molecule has 0 aliphatic carbocycles. The normalized spacial score (nSPS) is 24.1. The summed E-state index contributed by atoms with van der Waals surface area (Å²) in [6, 6.07) is 3.44. The van der Waals surface area contributed by atoms with Crippen molar-refractivity contribution in [2.24, 2.45) is 5.41 Å². The number of halogens is 1. The van der Waals surface area contributed by atoms with Gasteiger partial charge in [-0.3, -0.25) is 9.69 Å². The quantitative estimate of drug-likeness (QED) is 0.925. The van der Waals surface area contributed by atoms with E-state index in [1.165, 1.54) is 11.3 Å². The number of carboxylic acid groups (broad SMARTS) is 1. The van der Waals surface area contributed by atoms with E-state index in [1.807, 2.05) is 26.0 Å². The monoisotopic (exact) mass is 287 g/mol. The van der Waals surface area contributed by atoms with Gasteiger partial charge in [-0.2, -0.15) is 0 Å². The van der Waals surface area contributed by atoms with E-state index in [0.717, 1.165) is 28.6 Å². The molecule has 1 aromatic heterocycles. The summed E-state index contributed by atoms with van der Waals surface area (Å²) in [6.45, 7) is 5.60. The maximum absolute atomic E-state index is 11.5. The molecule has 0 bridgehead atoms. The van der Waals surface area contributed by atoms with Gasteiger partial charge >= 0.3 is 5.97 Å². The summed E-state index contributed by atoms with van der Waals surface area (Å²) in [4.78, 5) is 14.7. The third-order valence-corrected chi connectivity index (χ3v) is 4.81. The van der Waals surface area contributed by atoms with Gasteiger partial charge in [0.1, 0.15) is 6.04 Å². The number of nitrogens with zero attached hydrogens (tertiary/aromatic N) is 1. The standard InChI is InChI=1S/C13H18ClNO2S/c1-13(2)6-3-7-15(11(13)12(16)17)8-9-4-5-10(14)18-9/h4-5,11H,3,6-8H2,1-2H3,(H,16,17). The Morgan fingerprint density at radius 1 is 1.61 bits per heavy atom. The van der Waals surface area contributed by atoms with Gasteiger partial charge in [-0.15, -0.1) is 11.3 Å². The van der Waals surface area contributed by atoms with Crippen LogP contribution in [0.4, 0.5) is 0 Å². The number of aliphatic carboxylic acids is 1. The highest BCUT2D eigenvalue weighted by atomic mass is 35.5. The number of carboxylic acids is 1. The molecule has 2 rings (SSSR count). The van der Waals surface area contributed by atoms with Crippen molar-refractivity contribution in [3.63, 3.8) is 0 Å². The predicted octanol–water partition coefficient (Wildman–Crippen LogP) is 3.48. The fourth-order valence-electron chi connectivity index (χ4n) is 2.80. The fourth-order valence-corrected chi connectivity index (χ4v) is 3.91. The number of thiophene rings is 1. The van der Waals surface area contributed by atoms with Gasteiger partial charge in [0.25, 0.3) is 0 Å². The van der Waals surface area contributed by atoms with Gasteiger partial charge in [-0.05, 0) is 36.9 Å². The van der Waals surface area contributed by atoms with E-state index in [2.05, 4.69) is 4.90 Å². The molecule has 0 aromatic carbocycles. The first-order chi connectivity index (χ1) is 8.40. The topological polar surface area (TPSA) is 40.5 Å². The number of likely N-dealkylation sites (tertiary alicyclic amines) is 1. The average Bonchev–Trinajstić information content (AvgIpc) is 2.61. The number of hydrogen-bond acceptors (Lipinski definition) is 3. The van der Waals surface area contributed by atoms with Crippen LogP contribution in [-0.4, -0.2) is 28.6 Å². The van der Waals surface area contributed by atoms with E-state index in [-0.39, 0.29) is 5.41 Å². The molecule has 1 aliphatic heterocycles. The lowest BCUT2D eigenvalue weighted by molar-refractivity contribution is -0.151. The lowest BCUT2D eigenvalue weighted by atomic mass is 9.76. The molecule has 2 heterocycles. The van der Waals surface area contributed by atoms with Crippen LogP contribution in [-0.2, 0) is 11.3 Å². The number of hydrogen-bond donors (Lipinski definition) is 1. The Morgan fingerprint density at radius 2 is 2.33 bits per heavy atom. The molecular weight excluding hydrogens is 270 g/mol. The van der Waals surface area contributed by atoms with E-state index < -0.39 is 12.0 Å². The number of carbonyl (C=O) groups is 1. The van der Waals surface area contributed by atoms with Crippen LogP contribution < -0.4 is 0 Å². The molecule has 1 saturated heterocycles. The Bertz CT molecular complexity index is 444. The van der Waals surface area contributed by atoms with Crippen molar-refractivity contribution in [3.05, 3.63) is 21.3 Å². The summed E-state index contributed by atoms with van der Waals surface area (Å²) in [7, 11) is 0. The van der Waals surface area contributed by atoms with Crippen LogP contribution in [0, 0.1) is 5.41 Å². The van der Waals surface area contributed by atoms with Crippen LogP contribution in [0.25, 0.3) is 0 Å². The van der Waals surface area contributed by atoms with Crippen LogP contribution in [0.2, 0.25) is 4.34 Å². The second-order valence-corrected chi connectivity index (χ2v) is 7.31. The van der Waals surface area contributed by atoms with E-state index in [1.54, 1.807) is 0 Å². The first kappa shape index (κ1) is 13.8. The Hall–Kier alpha value is -0.580. The highest BCUT2D eigenvalue weighted by Gasteiger charge is 2.42. The zero-order chi connectivity index (χ0) is 13.3. The second kappa shape index (κ2) is 5.19. The van der Waals surface area contributed by atoms with Gasteiger partial charge in [-0.25, -0.2) is 0 Å². The Morgan fingerprint density at radius 3 is 2.89 bits per heavy atom. The number of rotatable bonds is 3. The molecule has 3 nitrogen and oxygen atoms in total. The van der Waals surface area contributed by atoms with Crippen LogP contribution in [0.15, 0.2) is 12.1 Å². The molecule has 1 unspecified atom stereocenters. The molecule has 100 valence electrons. The largest absolute Gasteiger partial charge is 0.480 e. The summed E-state index contributed by atoms with van der Waals surface area (Å²) >= 11 is 7.44. The smallest absolute Gasteiger partial charge is 0.321 e. The summed E-state index contributed by atoms with van der Waals surface area (Å²) in [5.41, 5.74) is -0.175. The molecular formula is C13H18ClNO2S. The third kappa shape index (κ3) is 2.87. The highest BCUT2D eigenvalue weighted by molar-refractivity contribution is 7.16. The molecule has 0 saturated carbocycles. The maximum Gasteiger partial charge on any atom is 0.321 e. The predicted molar refractivity (Wildman–Crippen MR) is 74.2 cm³/mol. The summed E-state index contributed by atoms with van der Waals surface area (Å²) < 4.78 is 0.758. The van der Waals surface area contributed by atoms with Gasteiger partial charge in [0.2, 0.25) is 0 Å². The average molecular weight is 288 g/mol. The van der Waals surface area contributed by atoms with Crippen molar-refractivity contribution in [2.45, 2.75) is 39.3 Å². The fraction of sp³-hybridized carbons (Fsp3) is 0.615. The van der Waals surface area contributed by atoms with Gasteiger partial charge in [0.05, 0.1) is 4.34 Å². The van der Waals surface area contributed by atoms with E-state index in [9.17, 15) is 9.90 Å². The Kier molecular flexibility index (Phi) is 3.99. The van der Waals surface area contributed by atoms with Crippen LogP contribution in [0.1, 0.15) is 31.6 Å². The van der Waals surface area contributed by atoms with E-state index in [0.29, 0.717) is 6.54 Å². The van der Waals surface area contributed by atoms with Crippen molar-refractivity contribution in [2.75, 3.05) is 6.54 Å². The zero-order valence-electron chi connectivity index (χ0n) is 10.6. The third-order valence-electron chi connectivity index (χ3n) is 3.59. The minimum absolute atomic E-state index is 0.175. The van der Waals surface area contributed by atoms with Gasteiger partial charge in [0.15, 0.2) is 0 Å². The number of piperidine rings is 1. The van der Waals surface area contributed by atoms with Gasteiger partial charge < -0.3 is 5.11 Å². The van der Waals surface area contributed by atoms with Crippen molar-refractivity contribution >= 4 is 28.9 Å². The lowest BCUT2D eigenvalue weighted by Gasteiger charge is -2.43. The highest BCUT2D eigenvalue weighted by Crippen LogP contribution is 2.36. The Balaban J connectivity index is 2.17. The molecule has 0 radical (unpaired) electrons. The summed E-state index contributed by atoms with van der Waals surface area (Å²) in [6.07, 6.45) is 2.02. The lowest BCUT2D eigenvalue weighted by Crippen LogP contribution is -2.53. The molecule has 0 spiro atoms. The minimum atomic E-state index is -0.720. The summed E-state index contributed by atoms with van der Waals surface area (Å²) in [5, 5.41) is 9.46. The Labute approximate surface area is 116 Å². The molecule has 1 atom stereocenters. The maximum atomic E-state index is 11.5. The van der Waals surface area contributed by atoms with Crippen LogP contribution in [0.5, 0.6) is 0 Å². The molecule has 0 amide bonds. The first-order valence-corrected chi connectivity index (χ1v) is 7.31. The summed E-state index contributed by atoms with van der Waals surface area (Å²) in [5.74, 6) is -0.720. The van der Waals surface area contributed by atoms with Crippen molar-refractivity contribution in [1.29, 1.82) is 0 Å². The molecule has 1 aromatic rings. The molecule has 1 aliphatic rings. The van der Waals surface area contributed by atoms with E-state index in [4.69, 9.17) is 11.6 Å². The molecule has 1 fully saturated rings. The van der Waals surface area contributed by atoms with Gasteiger partial charge in [0, 0.05) is 11.4 Å². The molecule has 18 heavy (non-hydrogen) atoms. The zero-order valence-corrected chi connectivity index (χ0v) is 12.2. The van der Waals surface area contributed by atoms with Gasteiger partial charge in [-0.1, -0.05) is 25.4 Å².